The van der Waals surface area contributed by atoms with E-state index in [-0.39, 0.29) is 11.5 Å². The second kappa shape index (κ2) is 1.81. The van der Waals surface area contributed by atoms with Crippen molar-refractivity contribution in [1.29, 1.82) is 0 Å². The molecular weight excluding hydrogens is 114 g/mol. The first-order valence-electron chi connectivity index (χ1n) is 3.28. The van der Waals surface area contributed by atoms with Crippen LogP contribution in [0.1, 0.15) is 20.8 Å². The predicted molar refractivity (Wildman–Crippen MR) is 36.3 cm³/mol. The average molecular weight is 127 g/mol. The number of hydrogen-bond acceptors (Lipinski definition) is 2. The van der Waals surface area contributed by atoms with Crippen molar-refractivity contribution in [2.75, 3.05) is 6.54 Å². The van der Waals surface area contributed by atoms with Gasteiger partial charge in [0.05, 0.1) is 12.6 Å². The quantitative estimate of drug-likeness (QED) is 0.515. The lowest BCUT2D eigenvalue weighted by Crippen LogP contribution is -2.60. The van der Waals surface area contributed by atoms with Crippen LogP contribution in [0.15, 0.2) is 0 Å². The van der Waals surface area contributed by atoms with Gasteiger partial charge in [-0.3, -0.25) is 4.79 Å². The molecule has 0 bridgehead atoms. The molecule has 1 fully saturated rings. The minimum absolute atomic E-state index is 0.106. The van der Waals surface area contributed by atoms with Gasteiger partial charge in [-0.15, -0.1) is 0 Å². The summed E-state index contributed by atoms with van der Waals surface area (Å²) in [7, 11) is 0. The molecular formula is C7H13NO. The highest BCUT2D eigenvalue weighted by molar-refractivity contribution is 5.92. The van der Waals surface area contributed by atoms with Crippen LogP contribution in [0.25, 0.3) is 0 Å². The van der Waals surface area contributed by atoms with E-state index in [1.165, 1.54) is 0 Å². The van der Waals surface area contributed by atoms with Crippen LogP contribution in [0.3, 0.4) is 0 Å². The zero-order valence-corrected chi connectivity index (χ0v) is 6.19. The minimum atomic E-state index is 0.106. The third-order valence-electron chi connectivity index (χ3n) is 1.67. The first-order chi connectivity index (χ1) is 4.02. The van der Waals surface area contributed by atoms with Crippen LogP contribution in [0.5, 0.6) is 0 Å². The zero-order valence-electron chi connectivity index (χ0n) is 6.19. The van der Waals surface area contributed by atoms with Gasteiger partial charge in [-0.1, -0.05) is 20.8 Å². The Morgan fingerprint density at radius 2 is 2.11 bits per heavy atom. The van der Waals surface area contributed by atoms with Gasteiger partial charge < -0.3 is 5.32 Å². The highest BCUT2D eigenvalue weighted by atomic mass is 16.1. The molecule has 0 aromatic heterocycles. The van der Waals surface area contributed by atoms with Gasteiger partial charge in [-0.05, 0) is 5.41 Å². The van der Waals surface area contributed by atoms with E-state index in [0.29, 0.717) is 12.3 Å². The van der Waals surface area contributed by atoms with Crippen molar-refractivity contribution in [2.45, 2.75) is 26.8 Å². The summed E-state index contributed by atoms with van der Waals surface area (Å²) in [5.41, 5.74) is 0.106. The number of rotatable bonds is 0. The van der Waals surface area contributed by atoms with Crippen molar-refractivity contribution in [3.63, 3.8) is 0 Å². The third-order valence-corrected chi connectivity index (χ3v) is 1.67. The van der Waals surface area contributed by atoms with Crippen LogP contribution in [-0.2, 0) is 4.79 Å². The van der Waals surface area contributed by atoms with Crippen molar-refractivity contribution in [3.05, 3.63) is 0 Å². The molecule has 9 heavy (non-hydrogen) atoms. The zero-order chi connectivity index (χ0) is 7.07. The molecule has 1 rings (SSSR count). The molecule has 0 unspecified atom stereocenters. The maximum Gasteiger partial charge on any atom is 0.164 e. The van der Waals surface area contributed by atoms with Crippen LogP contribution in [0.2, 0.25) is 0 Å². The van der Waals surface area contributed by atoms with Gasteiger partial charge in [-0.2, -0.15) is 0 Å². The highest BCUT2D eigenvalue weighted by Gasteiger charge is 2.36. The van der Waals surface area contributed by atoms with Crippen molar-refractivity contribution in [1.82, 2.24) is 5.32 Å². The van der Waals surface area contributed by atoms with Gasteiger partial charge in [0.15, 0.2) is 5.78 Å². The Bertz CT molecular complexity index is 134. The van der Waals surface area contributed by atoms with Crippen LogP contribution in [0, 0.1) is 5.41 Å². The van der Waals surface area contributed by atoms with Crippen molar-refractivity contribution < 1.29 is 4.79 Å². The summed E-state index contributed by atoms with van der Waals surface area (Å²) in [5.74, 6) is 0.350. The van der Waals surface area contributed by atoms with Crippen molar-refractivity contribution >= 4 is 5.78 Å². The fraction of sp³-hybridized carbons (Fsp3) is 0.857. The lowest BCUT2D eigenvalue weighted by atomic mass is 9.80. The standard InChI is InChI=1S/C7H13NO/c1-7(2,3)6-5(9)4-8-6/h6,8H,4H2,1-3H3/t6-/m1/s1. The van der Waals surface area contributed by atoms with E-state index in [1.807, 2.05) is 0 Å². The van der Waals surface area contributed by atoms with Crippen LogP contribution in [0.4, 0.5) is 0 Å². The van der Waals surface area contributed by atoms with Gasteiger partial charge in [0.1, 0.15) is 0 Å². The molecule has 1 aliphatic heterocycles. The lowest BCUT2D eigenvalue weighted by Gasteiger charge is -2.36. The summed E-state index contributed by atoms with van der Waals surface area (Å²) >= 11 is 0. The largest absolute Gasteiger partial charge is 0.300 e. The average Bonchev–Trinajstić information content (AvgIpc) is 1.57. The van der Waals surface area contributed by atoms with Crippen LogP contribution >= 0.6 is 0 Å². The smallest absolute Gasteiger partial charge is 0.164 e. The van der Waals surface area contributed by atoms with Gasteiger partial charge in [-0.25, -0.2) is 0 Å². The fourth-order valence-corrected chi connectivity index (χ4v) is 1.08. The number of hydrogen-bond donors (Lipinski definition) is 1. The summed E-state index contributed by atoms with van der Waals surface area (Å²) < 4.78 is 0. The van der Waals surface area contributed by atoms with E-state index in [0.717, 1.165) is 0 Å². The Kier molecular flexibility index (Phi) is 1.35. The third kappa shape index (κ3) is 1.13. The molecule has 0 amide bonds. The summed E-state index contributed by atoms with van der Waals surface area (Å²) in [6.07, 6.45) is 0. The second-order valence-electron chi connectivity index (χ2n) is 3.65. The molecule has 0 aliphatic carbocycles. The number of carbonyl (C=O) groups is 1. The second-order valence-corrected chi connectivity index (χ2v) is 3.65. The molecule has 0 spiro atoms. The van der Waals surface area contributed by atoms with Gasteiger partial charge in [0.25, 0.3) is 0 Å². The fourth-order valence-electron chi connectivity index (χ4n) is 1.08. The molecule has 1 aliphatic rings. The van der Waals surface area contributed by atoms with E-state index < -0.39 is 0 Å². The molecule has 0 saturated carbocycles. The summed E-state index contributed by atoms with van der Waals surface area (Å²) in [6.45, 7) is 6.78. The molecule has 0 radical (unpaired) electrons. The maximum absolute atomic E-state index is 10.8. The Morgan fingerprint density at radius 3 is 2.11 bits per heavy atom. The normalized spacial score (nSPS) is 27.9. The summed E-state index contributed by atoms with van der Waals surface area (Å²) in [5, 5.41) is 3.09. The Hall–Kier alpha value is -0.370. The van der Waals surface area contributed by atoms with E-state index >= 15 is 0 Å². The number of carbonyl (C=O) groups excluding carboxylic acids is 1. The lowest BCUT2D eigenvalue weighted by molar-refractivity contribution is -0.128. The molecule has 2 heteroatoms. The summed E-state index contributed by atoms with van der Waals surface area (Å²) in [4.78, 5) is 10.8. The summed E-state index contributed by atoms with van der Waals surface area (Å²) in [6, 6.07) is 0.109. The van der Waals surface area contributed by atoms with Gasteiger partial charge in [0.2, 0.25) is 0 Å². The Morgan fingerprint density at radius 1 is 1.56 bits per heavy atom. The van der Waals surface area contributed by atoms with Crippen LogP contribution in [-0.4, -0.2) is 18.4 Å². The Labute approximate surface area is 55.6 Å². The minimum Gasteiger partial charge on any atom is -0.300 e. The first kappa shape index (κ1) is 6.75. The molecule has 2 nitrogen and oxygen atoms in total. The molecule has 52 valence electrons. The van der Waals surface area contributed by atoms with Crippen molar-refractivity contribution in [3.8, 4) is 0 Å². The van der Waals surface area contributed by atoms with E-state index in [9.17, 15) is 4.79 Å². The van der Waals surface area contributed by atoms with Crippen LogP contribution < -0.4 is 5.32 Å². The molecule has 0 aromatic rings. The van der Waals surface area contributed by atoms with Gasteiger partial charge >= 0.3 is 0 Å². The molecule has 1 saturated heterocycles. The molecule has 0 aromatic carbocycles. The molecule has 1 atom stereocenters. The molecule has 1 N–H and O–H groups in total. The van der Waals surface area contributed by atoms with E-state index in [4.69, 9.17) is 0 Å². The Balaban J connectivity index is 2.54. The predicted octanol–water partition coefficient (Wildman–Crippen LogP) is 0.573. The first-order valence-corrected chi connectivity index (χ1v) is 3.28. The monoisotopic (exact) mass is 127 g/mol. The van der Waals surface area contributed by atoms with E-state index in [2.05, 4.69) is 26.1 Å². The van der Waals surface area contributed by atoms with Gasteiger partial charge in [0, 0.05) is 0 Å². The molecule has 1 heterocycles. The SMILES string of the molecule is CC(C)(C)[C@@H]1NCC1=O. The number of ketones is 1. The maximum atomic E-state index is 10.8. The number of Topliss-reactive ketones (excluding diaryl/α,β-unsaturated/α-hetero) is 1. The highest BCUT2D eigenvalue weighted by Crippen LogP contribution is 2.23. The van der Waals surface area contributed by atoms with E-state index in [1.54, 1.807) is 0 Å². The topological polar surface area (TPSA) is 29.1 Å². The van der Waals surface area contributed by atoms with Crippen molar-refractivity contribution in [2.24, 2.45) is 5.41 Å². The number of nitrogens with one attached hydrogen (secondary N) is 1.